The van der Waals surface area contributed by atoms with E-state index in [1.807, 2.05) is 0 Å². The van der Waals surface area contributed by atoms with Crippen molar-refractivity contribution >= 4 is 38.8 Å². The Morgan fingerprint density at radius 3 is 2.76 bits per heavy atom. The lowest BCUT2D eigenvalue weighted by molar-refractivity contribution is 0.133. The van der Waals surface area contributed by atoms with Crippen LogP contribution in [0.25, 0.3) is 0 Å². The van der Waals surface area contributed by atoms with E-state index >= 15 is 0 Å². The molecule has 0 bridgehead atoms. The van der Waals surface area contributed by atoms with Crippen LogP contribution in [0.2, 0.25) is 5.02 Å². The van der Waals surface area contributed by atoms with Gasteiger partial charge in [0, 0.05) is 18.7 Å². The first-order valence-electron chi connectivity index (χ1n) is 6.51. The van der Waals surface area contributed by atoms with Crippen LogP contribution in [-0.2, 0) is 10.0 Å². The van der Waals surface area contributed by atoms with E-state index in [1.165, 1.54) is 16.4 Å². The number of halogens is 1. The number of thiocarbonyl (C=S) groups is 1. The highest BCUT2D eigenvalue weighted by Crippen LogP contribution is 2.30. The molecule has 0 amide bonds. The van der Waals surface area contributed by atoms with Gasteiger partial charge in [0.2, 0.25) is 10.0 Å². The van der Waals surface area contributed by atoms with Gasteiger partial charge in [-0.1, -0.05) is 29.9 Å². The van der Waals surface area contributed by atoms with Gasteiger partial charge < -0.3 is 10.8 Å². The van der Waals surface area contributed by atoms with Crippen molar-refractivity contribution in [2.75, 3.05) is 13.1 Å². The quantitative estimate of drug-likeness (QED) is 0.803. The maximum absolute atomic E-state index is 12.7. The molecule has 3 N–H and O–H groups in total. The molecule has 1 aliphatic rings. The van der Waals surface area contributed by atoms with Gasteiger partial charge in [0.05, 0.1) is 11.1 Å². The zero-order valence-electron chi connectivity index (χ0n) is 11.5. The Balaban J connectivity index is 2.36. The number of rotatable bonds is 4. The van der Waals surface area contributed by atoms with E-state index in [4.69, 9.17) is 29.6 Å². The molecule has 1 aliphatic heterocycles. The molecule has 1 aromatic rings. The van der Waals surface area contributed by atoms with Gasteiger partial charge in [0.1, 0.15) is 9.88 Å². The zero-order valence-corrected chi connectivity index (χ0v) is 13.9. The predicted molar refractivity (Wildman–Crippen MR) is 85.9 cm³/mol. The number of benzene rings is 1. The summed E-state index contributed by atoms with van der Waals surface area (Å²) < 4.78 is 26.7. The van der Waals surface area contributed by atoms with E-state index in [2.05, 4.69) is 0 Å². The highest BCUT2D eigenvalue weighted by molar-refractivity contribution is 7.89. The summed E-state index contributed by atoms with van der Waals surface area (Å²) >= 11 is 10.9. The number of aliphatic hydroxyl groups excluding tert-OH is 1. The second-order valence-corrected chi connectivity index (χ2v) is 7.92. The molecule has 0 saturated carbocycles. The molecular formula is C13H17ClN2O3S2. The Morgan fingerprint density at radius 1 is 1.57 bits per heavy atom. The van der Waals surface area contributed by atoms with Crippen LogP contribution in [0.15, 0.2) is 23.1 Å². The number of sulfonamides is 1. The van der Waals surface area contributed by atoms with Crippen LogP contribution < -0.4 is 5.73 Å². The van der Waals surface area contributed by atoms with Gasteiger partial charge in [-0.2, -0.15) is 4.31 Å². The van der Waals surface area contributed by atoms with Crippen LogP contribution in [0, 0.1) is 5.92 Å². The Kier molecular flexibility index (Phi) is 4.89. The monoisotopic (exact) mass is 348 g/mol. The molecule has 0 spiro atoms. The molecule has 5 nitrogen and oxygen atoms in total. The van der Waals surface area contributed by atoms with Gasteiger partial charge in [-0.05, 0) is 31.4 Å². The number of aliphatic hydroxyl groups is 1. The molecule has 1 aromatic carbocycles. The maximum Gasteiger partial charge on any atom is 0.244 e. The zero-order chi connectivity index (χ0) is 15.8. The van der Waals surface area contributed by atoms with E-state index in [-0.39, 0.29) is 27.4 Å². The average molecular weight is 349 g/mol. The lowest BCUT2D eigenvalue weighted by Crippen LogP contribution is -2.31. The van der Waals surface area contributed by atoms with Crippen LogP contribution in [0.4, 0.5) is 0 Å². The Labute approximate surface area is 134 Å². The van der Waals surface area contributed by atoms with Gasteiger partial charge in [0.15, 0.2) is 0 Å². The third kappa shape index (κ3) is 3.37. The van der Waals surface area contributed by atoms with Crippen LogP contribution in [-0.4, -0.2) is 42.0 Å². The SMILES string of the molecule is CC(O)C1CCN(S(=O)(=O)c2cc(C(N)=S)ccc2Cl)C1. The molecule has 0 aromatic heterocycles. The Morgan fingerprint density at radius 2 is 2.24 bits per heavy atom. The minimum absolute atomic E-state index is 0.000657. The van der Waals surface area contributed by atoms with Gasteiger partial charge in [-0.15, -0.1) is 0 Å². The van der Waals surface area contributed by atoms with Crippen molar-refractivity contribution in [3.63, 3.8) is 0 Å². The molecule has 1 fully saturated rings. The minimum Gasteiger partial charge on any atom is -0.393 e. The molecule has 1 saturated heterocycles. The molecule has 8 heteroatoms. The number of hydrogen-bond acceptors (Lipinski definition) is 4. The largest absolute Gasteiger partial charge is 0.393 e. The van der Waals surface area contributed by atoms with Crippen LogP contribution >= 0.6 is 23.8 Å². The lowest BCUT2D eigenvalue weighted by Gasteiger charge is -2.19. The Bertz CT molecular complexity index is 661. The van der Waals surface area contributed by atoms with Crippen molar-refractivity contribution in [2.24, 2.45) is 11.7 Å². The van der Waals surface area contributed by atoms with Crippen LogP contribution in [0.3, 0.4) is 0 Å². The van der Waals surface area contributed by atoms with Gasteiger partial charge >= 0.3 is 0 Å². The Hall–Kier alpha value is -0.730. The second-order valence-electron chi connectivity index (χ2n) is 5.16. The highest BCUT2D eigenvalue weighted by Gasteiger charge is 2.35. The number of hydrogen-bond donors (Lipinski definition) is 2. The molecule has 1 heterocycles. The average Bonchev–Trinajstić information content (AvgIpc) is 2.89. The van der Waals surface area contributed by atoms with Crippen molar-refractivity contribution in [2.45, 2.75) is 24.3 Å². The topological polar surface area (TPSA) is 83.6 Å². The summed E-state index contributed by atoms with van der Waals surface area (Å²) in [6.07, 6.45) is 0.0902. The first kappa shape index (κ1) is 16.6. The molecule has 0 radical (unpaired) electrons. The summed E-state index contributed by atoms with van der Waals surface area (Å²) in [5, 5.41) is 9.73. The lowest BCUT2D eigenvalue weighted by atomic mass is 10.0. The number of nitrogens with two attached hydrogens (primary N) is 1. The van der Waals surface area contributed by atoms with Gasteiger partial charge in [-0.3, -0.25) is 0 Å². The molecule has 116 valence electrons. The molecular weight excluding hydrogens is 332 g/mol. The van der Waals surface area contributed by atoms with Crippen molar-refractivity contribution in [3.05, 3.63) is 28.8 Å². The summed E-state index contributed by atoms with van der Waals surface area (Å²) in [5.41, 5.74) is 6.00. The first-order valence-corrected chi connectivity index (χ1v) is 8.73. The van der Waals surface area contributed by atoms with Gasteiger partial charge in [0.25, 0.3) is 0 Å². The standard InChI is InChI=1S/C13H17ClN2O3S2/c1-8(17)10-4-5-16(7-10)21(18,19)12-6-9(13(15)20)2-3-11(12)14/h2-3,6,8,10,17H,4-5,7H2,1H3,(H2,15,20). The second kappa shape index (κ2) is 6.18. The van der Waals surface area contributed by atoms with E-state index < -0.39 is 16.1 Å². The fraction of sp³-hybridized carbons (Fsp3) is 0.462. The first-order chi connectivity index (χ1) is 9.73. The molecule has 0 aliphatic carbocycles. The normalized spacial score (nSPS) is 21.4. The summed E-state index contributed by atoms with van der Waals surface area (Å²) in [4.78, 5) is 0.118. The summed E-state index contributed by atoms with van der Waals surface area (Å²) in [5.74, 6) is -0.0580. The van der Waals surface area contributed by atoms with E-state index in [0.29, 0.717) is 18.5 Å². The minimum atomic E-state index is -3.72. The summed E-state index contributed by atoms with van der Waals surface area (Å²) in [6, 6.07) is 4.47. The molecule has 2 atom stereocenters. The molecule has 2 rings (SSSR count). The van der Waals surface area contributed by atoms with E-state index in [1.54, 1.807) is 13.0 Å². The fourth-order valence-electron chi connectivity index (χ4n) is 2.36. The molecule has 2 unspecified atom stereocenters. The van der Waals surface area contributed by atoms with E-state index in [9.17, 15) is 13.5 Å². The van der Waals surface area contributed by atoms with E-state index in [0.717, 1.165) is 0 Å². The van der Waals surface area contributed by atoms with Crippen molar-refractivity contribution in [1.82, 2.24) is 4.31 Å². The smallest absolute Gasteiger partial charge is 0.244 e. The third-order valence-electron chi connectivity index (χ3n) is 3.70. The third-order valence-corrected chi connectivity index (χ3v) is 6.29. The predicted octanol–water partition coefficient (Wildman–Crippen LogP) is 1.37. The van der Waals surface area contributed by atoms with Crippen molar-refractivity contribution < 1.29 is 13.5 Å². The highest BCUT2D eigenvalue weighted by atomic mass is 35.5. The fourth-order valence-corrected chi connectivity index (χ4v) is 4.50. The molecule has 21 heavy (non-hydrogen) atoms. The van der Waals surface area contributed by atoms with Crippen molar-refractivity contribution in [1.29, 1.82) is 0 Å². The number of nitrogens with zero attached hydrogens (tertiary/aromatic N) is 1. The maximum atomic E-state index is 12.7. The van der Waals surface area contributed by atoms with Crippen LogP contribution in [0.1, 0.15) is 18.9 Å². The van der Waals surface area contributed by atoms with Crippen molar-refractivity contribution in [3.8, 4) is 0 Å². The van der Waals surface area contributed by atoms with Crippen LogP contribution in [0.5, 0.6) is 0 Å². The van der Waals surface area contributed by atoms with Gasteiger partial charge in [-0.25, -0.2) is 8.42 Å². The summed E-state index contributed by atoms with van der Waals surface area (Å²) in [7, 11) is -3.72. The summed E-state index contributed by atoms with van der Waals surface area (Å²) in [6.45, 7) is 2.32.